The van der Waals surface area contributed by atoms with Crippen molar-refractivity contribution < 1.29 is 0 Å². The zero-order valence-corrected chi connectivity index (χ0v) is 7.46. The summed E-state index contributed by atoms with van der Waals surface area (Å²) < 4.78 is 1.95. The van der Waals surface area contributed by atoms with Crippen LogP contribution in [0.5, 0.6) is 0 Å². The Labute approximate surface area is 75.7 Å². The SMILES string of the molecule is NCC1CCc2nnc(Cl)n2C1. The number of aromatic nitrogens is 3. The zero-order valence-electron chi connectivity index (χ0n) is 6.70. The first-order valence-corrected chi connectivity index (χ1v) is 4.46. The van der Waals surface area contributed by atoms with E-state index in [1.54, 1.807) is 0 Å². The molecular formula is C7H11ClN4. The van der Waals surface area contributed by atoms with Crippen molar-refractivity contribution >= 4 is 11.6 Å². The lowest BCUT2D eigenvalue weighted by Gasteiger charge is -2.21. The lowest BCUT2D eigenvalue weighted by atomic mass is 10.00. The predicted octanol–water partition coefficient (Wildman–Crippen LogP) is 0.453. The molecule has 1 aromatic rings. The van der Waals surface area contributed by atoms with Crippen LogP contribution in [0.1, 0.15) is 12.2 Å². The number of halogens is 1. The molecule has 0 saturated heterocycles. The molecule has 1 unspecified atom stereocenters. The molecule has 12 heavy (non-hydrogen) atoms. The Morgan fingerprint density at radius 1 is 1.58 bits per heavy atom. The van der Waals surface area contributed by atoms with Crippen LogP contribution in [0.15, 0.2) is 0 Å². The summed E-state index contributed by atoms with van der Waals surface area (Å²) in [5.41, 5.74) is 5.58. The molecule has 1 aliphatic rings. The van der Waals surface area contributed by atoms with E-state index in [0.717, 1.165) is 25.2 Å². The fourth-order valence-electron chi connectivity index (χ4n) is 1.55. The summed E-state index contributed by atoms with van der Waals surface area (Å²) in [6.45, 7) is 1.59. The van der Waals surface area contributed by atoms with E-state index in [1.807, 2.05) is 4.57 Å². The molecule has 0 fully saturated rings. The molecule has 0 spiro atoms. The first-order chi connectivity index (χ1) is 5.81. The molecule has 0 saturated carbocycles. The highest BCUT2D eigenvalue weighted by Crippen LogP contribution is 2.20. The van der Waals surface area contributed by atoms with E-state index >= 15 is 0 Å². The maximum absolute atomic E-state index is 5.83. The highest BCUT2D eigenvalue weighted by Gasteiger charge is 2.20. The molecule has 0 bridgehead atoms. The summed E-state index contributed by atoms with van der Waals surface area (Å²) in [5, 5.41) is 8.26. The van der Waals surface area contributed by atoms with Gasteiger partial charge in [-0.05, 0) is 30.5 Å². The molecule has 2 rings (SSSR count). The molecular weight excluding hydrogens is 176 g/mol. The lowest BCUT2D eigenvalue weighted by molar-refractivity contribution is 0.374. The van der Waals surface area contributed by atoms with Gasteiger partial charge in [-0.25, -0.2) is 0 Å². The van der Waals surface area contributed by atoms with Crippen LogP contribution in [0, 0.1) is 5.92 Å². The number of hydrogen-bond donors (Lipinski definition) is 1. The largest absolute Gasteiger partial charge is 0.330 e. The third-order valence-electron chi connectivity index (χ3n) is 2.33. The number of fused-ring (bicyclic) bond motifs is 1. The van der Waals surface area contributed by atoms with Gasteiger partial charge in [-0.1, -0.05) is 0 Å². The van der Waals surface area contributed by atoms with Gasteiger partial charge in [0.15, 0.2) is 0 Å². The Bertz CT molecular complexity index is 283. The Balaban J connectivity index is 2.26. The quantitative estimate of drug-likeness (QED) is 0.693. The van der Waals surface area contributed by atoms with E-state index in [4.69, 9.17) is 17.3 Å². The maximum Gasteiger partial charge on any atom is 0.225 e. The van der Waals surface area contributed by atoms with Gasteiger partial charge >= 0.3 is 0 Å². The monoisotopic (exact) mass is 186 g/mol. The lowest BCUT2D eigenvalue weighted by Crippen LogP contribution is -2.26. The van der Waals surface area contributed by atoms with Crippen LogP contribution in [-0.4, -0.2) is 21.3 Å². The molecule has 1 atom stereocenters. The second-order valence-corrected chi connectivity index (χ2v) is 3.47. The van der Waals surface area contributed by atoms with Crippen molar-refractivity contribution in [2.45, 2.75) is 19.4 Å². The molecule has 0 aromatic carbocycles. The van der Waals surface area contributed by atoms with Crippen LogP contribution in [-0.2, 0) is 13.0 Å². The summed E-state index contributed by atoms with van der Waals surface area (Å²) in [6, 6.07) is 0. The van der Waals surface area contributed by atoms with Gasteiger partial charge < -0.3 is 10.3 Å². The fraction of sp³-hybridized carbons (Fsp3) is 0.714. The predicted molar refractivity (Wildman–Crippen MR) is 45.9 cm³/mol. The molecule has 0 radical (unpaired) electrons. The van der Waals surface area contributed by atoms with Crippen molar-refractivity contribution in [3.8, 4) is 0 Å². The average molecular weight is 187 g/mol. The number of aryl methyl sites for hydroxylation is 1. The second-order valence-electron chi connectivity index (χ2n) is 3.14. The van der Waals surface area contributed by atoms with E-state index < -0.39 is 0 Å². The first-order valence-electron chi connectivity index (χ1n) is 4.09. The number of nitrogens with two attached hydrogens (primary N) is 1. The van der Waals surface area contributed by atoms with Crippen LogP contribution in [0.4, 0.5) is 0 Å². The van der Waals surface area contributed by atoms with Gasteiger partial charge in [-0.15, -0.1) is 10.2 Å². The third-order valence-corrected chi connectivity index (χ3v) is 2.61. The van der Waals surface area contributed by atoms with Gasteiger partial charge in [0.2, 0.25) is 5.28 Å². The smallest absolute Gasteiger partial charge is 0.225 e. The normalized spacial score (nSPS) is 22.3. The van der Waals surface area contributed by atoms with Gasteiger partial charge in [-0.2, -0.15) is 0 Å². The molecule has 66 valence electrons. The standard InChI is InChI=1S/C7H11ClN4/c8-7-11-10-6-2-1-5(3-9)4-12(6)7/h5H,1-4,9H2. The minimum Gasteiger partial charge on any atom is -0.330 e. The summed E-state index contributed by atoms with van der Waals surface area (Å²) in [4.78, 5) is 0. The van der Waals surface area contributed by atoms with Crippen LogP contribution < -0.4 is 5.73 Å². The van der Waals surface area contributed by atoms with Crippen LogP contribution >= 0.6 is 11.6 Å². The van der Waals surface area contributed by atoms with Crippen LogP contribution in [0.25, 0.3) is 0 Å². The second kappa shape index (κ2) is 3.03. The van der Waals surface area contributed by atoms with Crippen molar-refractivity contribution in [3.05, 3.63) is 11.1 Å². The highest BCUT2D eigenvalue weighted by molar-refractivity contribution is 6.28. The summed E-state index contributed by atoms with van der Waals surface area (Å²) in [6.07, 6.45) is 2.05. The Kier molecular flexibility index (Phi) is 2.02. The van der Waals surface area contributed by atoms with Gasteiger partial charge in [0, 0.05) is 13.0 Å². The van der Waals surface area contributed by atoms with Gasteiger partial charge in [0.25, 0.3) is 0 Å². The average Bonchev–Trinajstić information content (AvgIpc) is 2.47. The fourth-order valence-corrected chi connectivity index (χ4v) is 1.76. The molecule has 2 heterocycles. The minimum absolute atomic E-state index is 0.489. The molecule has 4 nitrogen and oxygen atoms in total. The molecule has 5 heteroatoms. The van der Waals surface area contributed by atoms with Crippen molar-refractivity contribution in [2.24, 2.45) is 11.7 Å². The number of nitrogens with zero attached hydrogens (tertiary/aromatic N) is 3. The summed E-state index contributed by atoms with van der Waals surface area (Å²) in [7, 11) is 0. The zero-order chi connectivity index (χ0) is 8.55. The van der Waals surface area contributed by atoms with E-state index in [0.29, 0.717) is 17.7 Å². The van der Waals surface area contributed by atoms with E-state index in [2.05, 4.69) is 10.2 Å². The Morgan fingerprint density at radius 3 is 3.17 bits per heavy atom. The maximum atomic E-state index is 5.83. The Morgan fingerprint density at radius 2 is 2.42 bits per heavy atom. The van der Waals surface area contributed by atoms with Crippen LogP contribution in [0.3, 0.4) is 0 Å². The van der Waals surface area contributed by atoms with Gasteiger partial charge in [-0.3, -0.25) is 0 Å². The molecule has 0 amide bonds. The minimum atomic E-state index is 0.489. The summed E-state index contributed by atoms with van der Waals surface area (Å²) in [5.74, 6) is 1.52. The molecule has 2 N–H and O–H groups in total. The number of hydrogen-bond acceptors (Lipinski definition) is 3. The van der Waals surface area contributed by atoms with E-state index in [-0.39, 0.29) is 0 Å². The topological polar surface area (TPSA) is 56.7 Å². The number of rotatable bonds is 1. The Hall–Kier alpha value is -0.610. The highest BCUT2D eigenvalue weighted by atomic mass is 35.5. The van der Waals surface area contributed by atoms with Gasteiger partial charge in [0.05, 0.1) is 0 Å². The van der Waals surface area contributed by atoms with Gasteiger partial charge in [0.1, 0.15) is 5.82 Å². The molecule has 1 aromatic heterocycles. The molecule has 1 aliphatic heterocycles. The van der Waals surface area contributed by atoms with E-state index in [9.17, 15) is 0 Å². The van der Waals surface area contributed by atoms with Crippen molar-refractivity contribution in [1.29, 1.82) is 0 Å². The molecule has 0 aliphatic carbocycles. The third kappa shape index (κ3) is 1.21. The van der Waals surface area contributed by atoms with Crippen molar-refractivity contribution in [1.82, 2.24) is 14.8 Å². The van der Waals surface area contributed by atoms with E-state index in [1.165, 1.54) is 0 Å². The first kappa shape index (κ1) is 8.01. The summed E-state index contributed by atoms with van der Waals surface area (Å²) >= 11 is 5.83. The van der Waals surface area contributed by atoms with Crippen molar-refractivity contribution in [3.63, 3.8) is 0 Å². The van der Waals surface area contributed by atoms with Crippen molar-refractivity contribution in [2.75, 3.05) is 6.54 Å². The van der Waals surface area contributed by atoms with Crippen LogP contribution in [0.2, 0.25) is 5.28 Å².